The molecule has 5 aliphatic rings. The van der Waals surface area contributed by atoms with Gasteiger partial charge in [0.2, 0.25) is 0 Å². The summed E-state index contributed by atoms with van der Waals surface area (Å²) in [7, 11) is 2.18. The minimum Gasteiger partial charge on any atom is -0.398 e. The van der Waals surface area contributed by atoms with Crippen LogP contribution in [0, 0.1) is 11.3 Å². The monoisotopic (exact) mass is 569 g/mol. The van der Waals surface area contributed by atoms with Gasteiger partial charge in [-0.15, -0.1) is 0 Å². The van der Waals surface area contributed by atoms with Crippen molar-refractivity contribution in [3.8, 4) is 6.07 Å². The Labute approximate surface area is 249 Å². The molecule has 3 fully saturated rings. The lowest BCUT2D eigenvalue weighted by Crippen LogP contribution is -2.45. The van der Waals surface area contributed by atoms with Gasteiger partial charge in [0.15, 0.2) is 0 Å². The first kappa shape index (κ1) is 27.6. The SMILES string of the molecule is C=C1CCC(N(C)c2nc(CCC34CCCN3CC(F)C4)nc3c2CCC2(CCCc4ccc(N)c(C#N)c42)C3)CN1. The van der Waals surface area contributed by atoms with E-state index in [9.17, 15) is 9.65 Å². The fourth-order valence-electron chi connectivity index (χ4n) is 9.16. The minimum atomic E-state index is -0.724. The van der Waals surface area contributed by atoms with Crippen LogP contribution in [-0.4, -0.2) is 59.3 Å². The van der Waals surface area contributed by atoms with Crippen LogP contribution in [0.25, 0.3) is 0 Å². The number of aryl methyl sites for hydroxylation is 2. The third kappa shape index (κ3) is 4.56. The van der Waals surface area contributed by atoms with Crippen molar-refractivity contribution < 1.29 is 4.39 Å². The molecule has 4 atom stereocenters. The molecule has 1 aromatic carbocycles. The topological polar surface area (TPSA) is 94.1 Å². The van der Waals surface area contributed by atoms with Gasteiger partial charge in [0.05, 0.1) is 11.3 Å². The van der Waals surface area contributed by atoms with Crippen molar-refractivity contribution in [1.82, 2.24) is 20.2 Å². The van der Waals surface area contributed by atoms with Crippen LogP contribution in [0.3, 0.4) is 0 Å². The second-order valence-corrected chi connectivity index (χ2v) is 13.7. The number of piperidine rings is 1. The lowest BCUT2D eigenvalue weighted by atomic mass is 9.61. The van der Waals surface area contributed by atoms with E-state index in [1.165, 1.54) is 16.7 Å². The molecule has 3 N–H and O–H groups in total. The highest BCUT2D eigenvalue weighted by Crippen LogP contribution is 2.50. The van der Waals surface area contributed by atoms with Crippen molar-refractivity contribution >= 4 is 11.5 Å². The number of hydrogen-bond donors (Lipinski definition) is 2. The molecule has 1 spiro atoms. The van der Waals surface area contributed by atoms with Gasteiger partial charge in [-0.2, -0.15) is 5.26 Å². The number of halogens is 1. The number of allylic oxidation sites excluding steroid dienone is 1. The molecule has 4 heterocycles. The summed E-state index contributed by atoms with van der Waals surface area (Å²) in [6, 6.07) is 6.85. The summed E-state index contributed by atoms with van der Waals surface area (Å²) in [5, 5.41) is 13.6. The second kappa shape index (κ2) is 10.5. The zero-order valence-corrected chi connectivity index (χ0v) is 25.0. The molecule has 0 amide bonds. The average molecular weight is 570 g/mol. The largest absolute Gasteiger partial charge is 0.398 e. The standard InChI is InChI=1S/C34H44FN7/c1-22-6-8-25(20-38-22)41(2)32-26-10-14-33(12-3-5-23-7-9-28(37)27(19-36)31(23)33)18-29(26)39-30(40-32)11-15-34-13-4-16-42(34)21-24(35)17-34/h7,9,24-25,38H,1,3-6,8,10-18,20-21,37H2,2H3. The van der Waals surface area contributed by atoms with E-state index < -0.39 is 6.17 Å². The van der Waals surface area contributed by atoms with E-state index in [0.717, 1.165) is 113 Å². The molecule has 1 aromatic heterocycles. The number of nitrogens with two attached hydrogens (primary N) is 1. The van der Waals surface area contributed by atoms with Crippen LogP contribution < -0.4 is 16.0 Å². The van der Waals surface area contributed by atoms with E-state index in [0.29, 0.717) is 30.3 Å². The average Bonchev–Trinajstić information content (AvgIpc) is 3.51. The number of nitriles is 1. The maximum Gasteiger partial charge on any atom is 0.135 e. The Bertz CT molecular complexity index is 1440. The van der Waals surface area contributed by atoms with Gasteiger partial charge < -0.3 is 16.0 Å². The maximum atomic E-state index is 14.5. The summed E-state index contributed by atoms with van der Waals surface area (Å²) in [6.45, 7) is 6.57. The Morgan fingerprint density at radius 3 is 2.90 bits per heavy atom. The van der Waals surface area contributed by atoms with E-state index in [-0.39, 0.29) is 11.0 Å². The quantitative estimate of drug-likeness (QED) is 0.495. The second-order valence-electron chi connectivity index (χ2n) is 13.7. The van der Waals surface area contributed by atoms with Gasteiger partial charge in [-0.3, -0.25) is 4.90 Å². The maximum absolute atomic E-state index is 14.5. The van der Waals surface area contributed by atoms with Crippen LogP contribution in [0.2, 0.25) is 0 Å². The van der Waals surface area contributed by atoms with Crippen LogP contribution in [-0.2, 0) is 31.1 Å². The Morgan fingerprint density at radius 2 is 2.10 bits per heavy atom. The summed E-state index contributed by atoms with van der Waals surface area (Å²) in [6.07, 6.45) is 11.7. The summed E-state index contributed by atoms with van der Waals surface area (Å²) < 4.78 is 14.5. The number of rotatable bonds is 5. The fourth-order valence-corrected chi connectivity index (χ4v) is 9.16. The number of nitrogens with zero attached hydrogens (tertiary/aromatic N) is 5. The van der Waals surface area contributed by atoms with E-state index in [1.54, 1.807) is 0 Å². The molecule has 42 heavy (non-hydrogen) atoms. The lowest BCUT2D eigenvalue weighted by molar-refractivity contribution is 0.181. The Hall–Kier alpha value is -3.18. The normalized spacial score (nSPS) is 30.4. The third-order valence-electron chi connectivity index (χ3n) is 11.4. The smallest absolute Gasteiger partial charge is 0.135 e. The Morgan fingerprint density at radius 1 is 1.21 bits per heavy atom. The van der Waals surface area contributed by atoms with Gasteiger partial charge in [0.1, 0.15) is 23.9 Å². The number of likely N-dealkylation sites (N-methyl/N-ethyl adjacent to an activating group) is 1. The molecule has 3 saturated heterocycles. The molecule has 4 unspecified atom stereocenters. The molecule has 2 aromatic rings. The number of benzene rings is 1. The molecule has 222 valence electrons. The number of fused-ring (bicyclic) bond motifs is 4. The number of alkyl halides is 1. The van der Waals surface area contributed by atoms with Gasteiger partial charge in [0, 0.05) is 60.5 Å². The van der Waals surface area contributed by atoms with Crippen LogP contribution in [0.1, 0.15) is 91.6 Å². The first-order valence-corrected chi connectivity index (χ1v) is 16.0. The van der Waals surface area contributed by atoms with Crippen LogP contribution in [0.15, 0.2) is 24.4 Å². The van der Waals surface area contributed by atoms with Crippen molar-refractivity contribution in [1.29, 1.82) is 5.26 Å². The van der Waals surface area contributed by atoms with Gasteiger partial charge in [0.25, 0.3) is 0 Å². The van der Waals surface area contributed by atoms with Gasteiger partial charge in [-0.25, -0.2) is 14.4 Å². The zero-order chi connectivity index (χ0) is 29.1. The highest BCUT2D eigenvalue weighted by atomic mass is 19.1. The first-order chi connectivity index (χ1) is 20.3. The third-order valence-corrected chi connectivity index (χ3v) is 11.4. The highest BCUT2D eigenvalue weighted by Gasteiger charge is 2.48. The van der Waals surface area contributed by atoms with Crippen LogP contribution >= 0.6 is 0 Å². The molecule has 0 radical (unpaired) electrons. The molecular weight excluding hydrogens is 525 g/mol. The lowest BCUT2D eigenvalue weighted by Gasteiger charge is -2.44. The molecule has 2 aliphatic carbocycles. The van der Waals surface area contributed by atoms with Crippen molar-refractivity contribution in [3.63, 3.8) is 0 Å². The predicted molar refractivity (Wildman–Crippen MR) is 164 cm³/mol. The number of aromatic nitrogens is 2. The molecule has 3 aliphatic heterocycles. The van der Waals surface area contributed by atoms with Crippen molar-refractivity contribution in [2.75, 3.05) is 37.3 Å². The van der Waals surface area contributed by atoms with E-state index in [4.69, 9.17) is 15.7 Å². The van der Waals surface area contributed by atoms with Crippen molar-refractivity contribution in [2.45, 2.75) is 107 Å². The van der Waals surface area contributed by atoms with Gasteiger partial charge in [-0.05, 0) is 101 Å². The molecule has 7 nitrogen and oxygen atoms in total. The Balaban J connectivity index is 1.26. The fraction of sp³-hybridized carbons (Fsp3) is 0.618. The molecule has 8 heteroatoms. The van der Waals surface area contributed by atoms with Crippen LogP contribution in [0.4, 0.5) is 15.9 Å². The predicted octanol–water partition coefficient (Wildman–Crippen LogP) is 4.90. The summed E-state index contributed by atoms with van der Waals surface area (Å²) in [5.74, 6) is 1.94. The number of nitrogen functional groups attached to an aromatic ring is 1. The molecule has 0 saturated carbocycles. The van der Waals surface area contributed by atoms with Crippen LogP contribution in [0.5, 0.6) is 0 Å². The zero-order valence-electron chi connectivity index (χ0n) is 25.0. The Kier molecular flexibility index (Phi) is 6.92. The summed E-state index contributed by atoms with van der Waals surface area (Å²) >= 11 is 0. The van der Waals surface area contributed by atoms with E-state index in [2.05, 4.69) is 40.9 Å². The molecule has 7 rings (SSSR count). The molecular formula is C34H44FN7. The van der Waals surface area contributed by atoms with E-state index >= 15 is 0 Å². The number of hydrogen-bond acceptors (Lipinski definition) is 7. The highest BCUT2D eigenvalue weighted by molar-refractivity contribution is 5.64. The summed E-state index contributed by atoms with van der Waals surface area (Å²) in [4.78, 5) is 15.4. The first-order valence-electron chi connectivity index (χ1n) is 16.0. The van der Waals surface area contributed by atoms with Crippen molar-refractivity contribution in [3.05, 3.63) is 58.2 Å². The minimum absolute atomic E-state index is 0.0405. The molecule has 0 bridgehead atoms. The van der Waals surface area contributed by atoms with E-state index in [1.807, 2.05) is 6.07 Å². The summed E-state index contributed by atoms with van der Waals surface area (Å²) in [5.41, 5.74) is 13.4. The van der Waals surface area contributed by atoms with Gasteiger partial charge in [-0.1, -0.05) is 12.6 Å². The van der Waals surface area contributed by atoms with Crippen molar-refractivity contribution in [2.24, 2.45) is 0 Å². The van der Waals surface area contributed by atoms with Gasteiger partial charge >= 0.3 is 0 Å². The number of anilines is 2. The number of nitrogens with one attached hydrogen (secondary N) is 1.